The molecule has 0 spiro atoms. The summed E-state index contributed by atoms with van der Waals surface area (Å²) in [5.41, 5.74) is 2.79. The van der Waals surface area contributed by atoms with E-state index >= 15 is 0 Å². The lowest BCUT2D eigenvalue weighted by atomic mass is 10.1. The second kappa shape index (κ2) is 7.97. The molecule has 0 bridgehead atoms. The molecule has 0 saturated heterocycles. The highest BCUT2D eigenvalue weighted by Crippen LogP contribution is 2.27. The lowest BCUT2D eigenvalue weighted by molar-refractivity contribution is 0.0699. The van der Waals surface area contributed by atoms with E-state index < -0.39 is 5.97 Å². The first-order chi connectivity index (χ1) is 14.0. The van der Waals surface area contributed by atoms with Crippen molar-refractivity contribution < 1.29 is 19.0 Å². The quantitative estimate of drug-likeness (QED) is 0.440. The number of aromatic carboxylic acids is 1. The Hall–Kier alpha value is -3.31. The van der Waals surface area contributed by atoms with Gasteiger partial charge >= 0.3 is 5.97 Å². The lowest BCUT2D eigenvalue weighted by Crippen LogP contribution is -2.04. The van der Waals surface area contributed by atoms with Gasteiger partial charge in [0.2, 0.25) is 0 Å². The molecule has 0 aliphatic carbocycles. The third-order valence-corrected chi connectivity index (χ3v) is 4.95. The number of hydrogen-bond donors (Lipinski definition) is 1. The van der Waals surface area contributed by atoms with E-state index in [9.17, 15) is 14.3 Å². The predicted molar refractivity (Wildman–Crippen MR) is 110 cm³/mol. The van der Waals surface area contributed by atoms with Crippen LogP contribution in [0.1, 0.15) is 21.5 Å². The van der Waals surface area contributed by atoms with Gasteiger partial charge in [0.25, 0.3) is 0 Å². The van der Waals surface area contributed by atoms with Crippen LogP contribution in [0.15, 0.2) is 72.9 Å². The maximum Gasteiger partial charge on any atom is 0.336 e. The van der Waals surface area contributed by atoms with Crippen molar-refractivity contribution in [2.75, 3.05) is 0 Å². The van der Waals surface area contributed by atoms with Gasteiger partial charge in [-0.1, -0.05) is 29.8 Å². The molecule has 0 unspecified atom stereocenters. The van der Waals surface area contributed by atoms with Crippen LogP contribution in [0, 0.1) is 5.82 Å². The monoisotopic (exact) mass is 409 g/mol. The number of halogens is 2. The Labute approximate surface area is 171 Å². The Morgan fingerprint density at radius 2 is 1.86 bits per heavy atom. The van der Waals surface area contributed by atoms with E-state index in [4.69, 9.17) is 16.3 Å². The van der Waals surface area contributed by atoms with Crippen LogP contribution in [-0.4, -0.2) is 15.6 Å². The second-order valence-corrected chi connectivity index (χ2v) is 7.09. The molecule has 4 aromatic rings. The maximum atomic E-state index is 13.1. The second-order valence-electron chi connectivity index (χ2n) is 6.65. The summed E-state index contributed by atoms with van der Waals surface area (Å²) in [5.74, 6) is -0.587. The van der Waals surface area contributed by atoms with Crippen molar-refractivity contribution >= 4 is 28.5 Å². The Morgan fingerprint density at radius 3 is 2.62 bits per heavy atom. The summed E-state index contributed by atoms with van der Waals surface area (Å²) in [4.78, 5) is 11.5. The molecule has 29 heavy (non-hydrogen) atoms. The van der Waals surface area contributed by atoms with Crippen molar-refractivity contribution in [3.8, 4) is 5.75 Å². The zero-order valence-corrected chi connectivity index (χ0v) is 16.1. The average Bonchev–Trinajstić information content (AvgIpc) is 3.11. The third kappa shape index (κ3) is 4.10. The van der Waals surface area contributed by atoms with Gasteiger partial charge in [0.1, 0.15) is 18.2 Å². The van der Waals surface area contributed by atoms with Gasteiger partial charge in [-0.3, -0.25) is 0 Å². The molecule has 1 N–H and O–H groups in total. The average molecular weight is 410 g/mol. The highest BCUT2D eigenvalue weighted by molar-refractivity contribution is 6.30. The largest absolute Gasteiger partial charge is 0.489 e. The van der Waals surface area contributed by atoms with E-state index in [0.717, 1.165) is 16.6 Å². The summed E-state index contributed by atoms with van der Waals surface area (Å²) in [6, 6.07) is 18.5. The molecule has 0 atom stereocenters. The number of aromatic nitrogens is 1. The lowest BCUT2D eigenvalue weighted by Gasteiger charge is -2.14. The number of carbonyl (C=O) groups is 1. The van der Waals surface area contributed by atoms with Crippen LogP contribution in [-0.2, 0) is 13.2 Å². The first-order valence-corrected chi connectivity index (χ1v) is 9.36. The summed E-state index contributed by atoms with van der Waals surface area (Å²) in [5, 5.41) is 10.6. The number of nitrogens with zero attached hydrogens (tertiary/aromatic N) is 1. The summed E-state index contributed by atoms with van der Waals surface area (Å²) >= 11 is 6.19. The SMILES string of the molecule is O=C(O)c1cccc2c1ccn2Cc1cc(Cl)ccc1OCc1ccc(F)cc1. The molecular formula is C23H17ClFNO3. The van der Waals surface area contributed by atoms with Crippen LogP contribution < -0.4 is 4.74 Å². The fraction of sp³-hybridized carbons (Fsp3) is 0.0870. The first-order valence-electron chi connectivity index (χ1n) is 8.98. The standard InChI is InChI=1S/C23H17ClFNO3/c24-17-6-9-22(29-14-15-4-7-18(25)8-5-15)16(12-17)13-26-11-10-19-20(23(27)28)2-1-3-21(19)26/h1-12H,13-14H2,(H,27,28). The van der Waals surface area contributed by atoms with Crippen LogP contribution in [0.2, 0.25) is 5.02 Å². The van der Waals surface area contributed by atoms with Gasteiger partial charge < -0.3 is 14.4 Å². The van der Waals surface area contributed by atoms with Crippen molar-refractivity contribution in [1.29, 1.82) is 0 Å². The minimum atomic E-state index is -0.959. The van der Waals surface area contributed by atoms with Gasteiger partial charge in [0.15, 0.2) is 0 Å². The van der Waals surface area contributed by atoms with Gasteiger partial charge in [-0.05, 0) is 54.1 Å². The number of benzene rings is 3. The zero-order chi connectivity index (χ0) is 20.4. The van der Waals surface area contributed by atoms with Crippen molar-refractivity contribution in [2.24, 2.45) is 0 Å². The minimum Gasteiger partial charge on any atom is -0.489 e. The molecular weight excluding hydrogens is 393 g/mol. The third-order valence-electron chi connectivity index (χ3n) is 4.71. The molecule has 1 heterocycles. The number of fused-ring (bicyclic) bond motifs is 1. The van der Waals surface area contributed by atoms with Crippen LogP contribution in [0.25, 0.3) is 10.9 Å². The van der Waals surface area contributed by atoms with Crippen molar-refractivity contribution in [3.05, 3.63) is 100 Å². The fourth-order valence-corrected chi connectivity index (χ4v) is 3.48. The normalized spacial score (nSPS) is 11.0. The summed E-state index contributed by atoms with van der Waals surface area (Å²) in [6.07, 6.45) is 1.85. The van der Waals surface area contributed by atoms with E-state index in [2.05, 4.69) is 0 Å². The Kier molecular flexibility index (Phi) is 5.23. The molecule has 0 radical (unpaired) electrons. The van der Waals surface area contributed by atoms with E-state index in [1.165, 1.54) is 12.1 Å². The molecule has 0 aliphatic heterocycles. The topological polar surface area (TPSA) is 51.5 Å². The Balaban J connectivity index is 1.63. The molecule has 6 heteroatoms. The summed E-state index contributed by atoms with van der Waals surface area (Å²) in [7, 11) is 0. The van der Waals surface area contributed by atoms with Crippen molar-refractivity contribution in [1.82, 2.24) is 4.57 Å². The number of carboxylic acid groups (broad SMARTS) is 1. The minimum absolute atomic E-state index is 0.264. The van der Waals surface area contributed by atoms with E-state index in [0.29, 0.717) is 29.3 Å². The number of hydrogen-bond acceptors (Lipinski definition) is 2. The van der Waals surface area contributed by atoms with E-state index in [-0.39, 0.29) is 11.4 Å². The molecule has 4 nitrogen and oxygen atoms in total. The van der Waals surface area contributed by atoms with Crippen LogP contribution in [0.4, 0.5) is 4.39 Å². The van der Waals surface area contributed by atoms with Crippen LogP contribution in [0.3, 0.4) is 0 Å². The van der Waals surface area contributed by atoms with Gasteiger partial charge in [-0.2, -0.15) is 0 Å². The molecule has 0 amide bonds. The number of rotatable bonds is 6. The first kappa shape index (κ1) is 19.0. The molecule has 146 valence electrons. The smallest absolute Gasteiger partial charge is 0.336 e. The fourth-order valence-electron chi connectivity index (χ4n) is 3.29. The molecule has 0 fully saturated rings. The Bertz CT molecular complexity index is 1180. The van der Waals surface area contributed by atoms with Gasteiger partial charge in [0.05, 0.1) is 12.1 Å². The van der Waals surface area contributed by atoms with Gasteiger partial charge in [0, 0.05) is 27.7 Å². The van der Waals surface area contributed by atoms with Crippen molar-refractivity contribution in [2.45, 2.75) is 13.2 Å². The Morgan fingerprint density at radius 1 is 1.07 bits per heavy atom. The zero-order valence-electron chi connectivity index (χ0n) is 15.3. The summed E-state index contributed by atoms with van der Waals surface area (Å²) in [6.45, 7) is 0.760. The molecule has 0 aliphatic rings. The van der Waals surface area contributed by atoms with Crippen LogP contribution >= 0.6 is 11.6 Å². The highest BCUT2D eigenvalue weighted by Gasteiger charge is 2.13. The van der Waals surface area contributed by atoms with E-state index in [1.807, 2.05) is 22.9 Å². The maximum absolute atomic E-state index is 13.1. The predicted octanol–water partition coefficient (Wildman–Crippen LogP) is 5.76. The molecule has 4 rings (SSSR count). The number of carboxylic acids is 1. The van der Waals surface area contributed by atoms with Gasteiger partial charge in [-0.15, -0.1) is 0 Å². The molecule has 1 aromatic heterocycles. The summed E-state index contributed by atoms with van der Waals surface area (Å²) < 4.78 is 21.0. The highest BCUT2D eigenvalue weighted by atomic mass is 35.5. The van der Waals surface area contributed by atoms with Gasteiger partial charge in [-0.25, -0.2) is 9.18 Å². The van der Waals surface area contributed by atoms with Crippen molar-refractivity contribution in [3.63, 3.8) is 0 Å². The number of ether oxygens (including phenoxy) is 1. The molecule has 3 aromatic carbocycles. The van der Waals surface area contributed by atoms with Crippen LogP contribution in [0.5, 0.6) is 5.75 Å². The van der Waals surface area contributed by atoms with E-state index in [1.54, 1.807) is 42.5 Å². The molecule has 0 saturated carbocycles.